The molecule has 3 N–H and O–H groups in total. The Morgan fingerprint density at radius 2 is 1.96 bits per heavy atom. The van der Waals surface area contributed by atoms with Crippen LogP contribution in [0.5, 0.6) is 0 Å². The SMILES string of the molecule is O=C(Nc1ccc2c(c1)B(O)NN=[C]2[Pb])c1ccc(F)cc1C(F)(F)F. The Labute approximate surface area is 161 Å². The van der Waals surface area contributed by atoms with Gasteiger partial charge in [-0.25, -0.2) is 0 Å². The van der Waals surface area contributed by atoms with Gasteiger partial charge < -0.3 is 0 Å². The van der Waals surface area contributed by atoms with Gasteiger partial charge in [-0.2, -0.15) is 0 Å². The predicted octanol–water partition coefficient (Wildman–Crippen LogP) is 1.22. The van der Waals surface area contributed by atoms with E-state index in [1.807, 2.05) is 0 Å². The maximum absolute atomic E-state index is 13.2. The number of benzene rings is 2. The fourth-order valence-corrected chi connectivity index (χ4v) is 3.62. The molecule has 0 unspecified atom stereocenters. The minimum absolute atomic E-state index is 0.198. The topological polar surface area (TPSA) is 73.7 Å². The predicted molar refractivity (Wildman–Crippen MR) is 88.8 cm³/mol. The van der Waals surface area contributed by atoms with Gasteiger partial charge in [0.05, 0.1) is 0 Å². The van der Waals surface area contributed by atoms with Gasteiger partial charge in [-0.3, -0.25) is 0 Å². The molecule has 0 atom stereocenters. The molecule has 1 heterocycles. The quantitative estimate of drug-likeness (QED) is 0.385. The summed E-state index contributed by atoms with van der Waals surface area (Å²) in [5, 5.41) is 18.8. The first-order valence-electron chi connectivity index (χ1n) is 7.22. The summed E-state index contributed by atoms with van der Waals surface area (Å²) < 4.78 is 53.1. The van der Waals surface area contributed by atoms with Crippen LogP contribution < -0.4 is 16.1 Å². The average molecular weight is 557 g/mol. The third-order valence-electron chi connectivity index (χ3n) is 3.69. The molecule has 0 bridgehead atoms. The van der Waals surface area contributed by atoms with Crippen LogP contribution in [0.3, 0.4) is 0 Å². The van der Waals surface area contributed by atoms with E-state index in [4.69, 9.17) is 0 Å². The molecule has 3 rings (SSSR count). The third kappa shape index (κ3) is 3.75. The summed E-state index contributed by atoms with van der Waals surface area (Å²) in [6.45, 7) is 0. The van der Waals surface area contributed by atoms with Gasteiger partial charge in [0.25, 0.3) is 0 Å². The number of halogens is 4. The zero-order chi connectivity index (χ0) is 19.1. The van der Waals surface area contributed by atoms with Crippen molar-refractivity contribution < 1.29 is 27.4 Å². The molecule has 2 aromatic carbocycles. The number of carbonyl (C=O) groups excluding carboxylic acids is 1. The van der Waals surface area contributed by atoms with Crippen LogP contribution in [-0.4, -0.2) is 47.0 Å². The molecule has 26 heavy (non-hydrogen) atoms. The normalized spacial score (nSPS) is 13.6. The molecular weight excluding hydrogens is 548 g/mol. The molecule has 131 valence electrons. The number of fused-ring (bicyclic) bond motifs is 1. The van der Waals surface area contributed by atoms with Gasteiger partial charge in [0, 0.05) is 0 Å². The molecule has 11 heteroatoms. The summed E-state index contributed by atoms with van der Waals surface area (Å²) in [4.78, 5) is 12.3. The number of hydrogen-bond donors (Lipinski definition) is 3. The van der Waals surface area contributed by atoms with E-state index in [0.717, 1.165) is 15.4 Å². The van der Waals surface area contributed by atoms with Crippen LogP contribution in [0.25, 0.3) is 0 Å². The molecule has 0 aliphatic carbocycles. The summed E-state index contributed by atoms with van der Waals surface area (Å²) >= 11 is 0.615. The average Bonchev–Trinajstić information content (AvgIpc) is 2.57. The molecule has 1 aliphatic heterocycles. The number of hydrazone groups is 1. The zero-order valence-corrected chi connectivity index (χ0v) is 16.7. The summed E-state index contributed by atoms with van der Waals surface area (Å²) in [5.41, 5.74) is -0.691. The summed E-state index contributed by atoms with van der Waals surface area (Å²) in [6.07, 6.45) is -4.87. The number of anilines is 1. The van der Waals surface area contributed by atoms with Gasteiger partial charge >= 0.3 is 161 Å². The van der Waals surface area contributed by atoms with Gasteiger partial charge in [0.1, 0.15) is 0 Å². The number of nitrogens with zero attached hydrogens (tertiary/aromatic N) is 1. The summed E-state index contributed by atoms with van der Waals surface area (Å²) in [7, 11) is -1.09. The van der Waals surface area contributed by atoms with Gasteiger partial charge in [0.15, 0.2) is 0 Å². The van der Waals surface area contributed by atoms with Crippen LogP contribution in [-0.2, 0) is 6.18 Å². The molecule has 2 aromatic rings. The molecule has 1 aliphatic rings. The van der Waals surface area contributed by atoms with E-state index in [1.54, 1.807) is 6.07 Å². The second-order valence-electron chi connectivity index (χ2n) is 5.44. The fourth-order valence-electron chi connectivity index (χ4n) is 2.49. The number of carbonyl (C=O) groups is 1. The second kappa shape index (κ2) is 6.99. The van der Waals surface area contributed by atoms with E-state index in [2.05, 4.69) is 15.8 Å². The third-order valence-corrected chi connectivity index (χ3v) is 5.17. The van der Waals surface area contributed by atoms with Crippen LogP contribution in [0.15, 0.2) is 41.5 Å². The van der Waals surface area contributed by atoms with Crippen molar-refractivity contribution in [1.82, 2.24) is 5.34 Å². The van der Waals surface area contributed by atoms with Crippen molar-refractivity contribution in [2.24, 2.45) is 5.10 Å². The number of alkyl halides is 3. The summed E-state index contributed by atoms with van der Waals surface area (Å²) in [5.74, 6) is -2.12. The Balaban J connectivity index is 1.93. The molecule has 0 saturated heterocycles. The Kier molecular flexibility index (Phi) is 5.06. The zero-order valence-electron chi connectivity index (χ0n) is 12.9. The van der Waals surface area contributed by atoms with E-state index in [0.29, 0.717) is 36.8 Å². The molecule has 0 aromatic heterocycles. The van der Waals surface area contributed by atoms with E-state index >= 15 is 0 Å². The van der Waals surface area contributed by atoms with Crippen LogP contribution >= 0.6 is 0 Å². The van der Waals surface area contributed by atoms with Gasteiger partial charge in [0.2, 0.25) is 0 Å². The standard InChI is InChI=1S/C15H9BF4N3O2.Pb/c17-9-2-4-11(12(5-9)15(18,19)20)14(24)22-10-3-1-8-7-21-23-16(25)13(8)6-10;/h1-6,23,25H,(H,22,24);. The monoisotopic (exact) mass is 558 g/mol. The molecule has 1 amide bonds. The van der Waals surface area contributed by atoms with Crippen LogP contribution in [0, 0.1) is 5.82 Å². The van der Waals surface area contributed by atoms with E-state index in [1.165, 1.54) is 12.1 Å². The van der Waals surface area contributed by atoms with E-state index < -0.39 is 36.1 Å². The van der Waals surface area contributed by atoms with Gasteiger partial charge in [-0.15, -0.1) is 0 Å². The minimum atomic E-state index is -4.87. The first kappa shape index (κ1) is 18.8. The number of amides is 1. The molecular formula is C15H9BF4N3O2Pb. The van der Waals surface area contributed by atoms with Crippen molar-refractivity contribution >= 4 is 53.1 Å². The van der Waals surface area contributed by atoms with Crippen molar-refractivity contribution in [1.29, 1.82) is 0 Å². The van der Waals surface area contributed by atoms with Gasteiger partial charge in [-0.05, 0) is 0 Å². The number of hydrogen-bond acceptors (Lipinski definition) is 4. The molecule has 5 nitrogen and oxygen atoms in total. The molecule has 3 radical (unpaired) electrons. The van der Waals surface area contributed by atoms with Crippen LogP contribution in [0.4, 0.5) is 23.2 Å². The Bertz CT molecular complexity index is 920. The van der Waals surface area contributed by atoms with Crippen molar-refractivity contribution in [2.45, 2.75) is 6.18 Å². The summed E-state index contributed by atoms with van der Waals surface area (Å²) in [6, 6.07) is 6.42. The van der Waals surface area contributed by atoms with E-state index in [-0.39, 0.29) is 11.8 Å². The Morgan fingerprint density at radius 1 is 1.23 bits per heavy atom. The Morgan fingerprint density at radius 3 is 2.65 bits per heavy atom. The Hall–Kier alpha value is -1.95. The number of nitrogens with one attached hydrogen (secondary N) is 2. The molecule has 0 saturated carbocycles. The molecule has 0 spiro atoms. The van der Waals surface area contributed by atoms with Crippen molar-refractivity contribution in [3.05, 3.63) is 58.9 Å². The first-order chi connectivity index (χ1) is 12.2. The van der Waals surface area contributed by atoms with Crippen LogP contribution in [0.2, 0.25) is 0 Å². The number of rotatable bonds is 2. The van der Waals surface area contributed by atoms with Crippen molar-refractivity contribution in [3.63, 3.8) is 0 Å². The molecule has 0 fully saturated rings. The fraction of sp³-hybridized carbons (Fsp3) is 0.0667. The van der Waals surface area contributed by atoms with E-state index in [9.17, 15) is 27.4 Å². The second-order valence-corrected chi connectivity index (χ2v) is 7.28. The maximum atomic E-state index is 13.2. The van der Waals surface area contributed by atoms with Crippen molar-refractivity contribution in [2.75, 3.05) is 5.32 Å². The van der Waals surface area contributed by atoms with Crippen molar-refractivity contribution in [3.8, 4) is 0 Å². The first-order valence-corrected chi connectivity index (χ1v) is 9.16. The van der Waals surface area contributed by atoms with Gasteiger partial charge in [-0.1, -0.05) is 0 Å². The van der Waals surface area contributed by atoms with Crippen LogP contribution in [0.1, 0.15) is 21.5 Å².